The molecular weight excluding hydrogens is 574 g/mol. The van der Waals surface area contributed by atoms with Crippen molar-refractivity contribution in [2.75, 3.05) is 0 Å². The summed E-state index contributed by atoms with van der Waals surface area (Å²) in [6.45, 7) is 0.891. The van der Waals surface area contributed by atoms with Gasteiger partial charge in [-0.05, 0) is 105 Å². The van der Waals surface area contributed by atoms with Crippen molar-refractivity contribution in [2.24, 2.45) is 22.7 Å². The van der Waals surface area contributed by atoms with Crippen LogP contribution in [0.25, 0.3) is 0 Å². The first-order valence-electron chi connectivity index (χ1n) is 17.6. The minimum atomic E-state index is -6.15. The van der Waals surface area contributed by atoms with Crippen LogP contribution in [0.4, 0.5) is 26.3 Å². The van der Waals surface area contributed by atoms with Gasteiger partial charge in [0.2, 0.25) is 0 Å². The van der Waals surface area contributed by atoms with E-state index in [0.717, 1.165) is 11.5 Å². The standard InChI is InChI=1S/C33H46F6O4/c1-21-23(19-24(40)20-26(21)41)11-10-22-9-6-17-30(5)25(22)12-13-27(30)29(4,15-7-14-28(2,3)42)16-8-18-31(43,32(34,35)36)33(37,38)39/h10-11,24-27,40-43H,1,6-7,9,12-17,19-20H2,2-5H3/t24-,25?,26+,27-,29+,30+/m1/s1/i2D3,3D3. The van der Waals surface area contributed by atoms with E-state index < -0.39 is 73.1 Å². The summed E-state index contributed by atoms with van der Waals surface area (Å²) in [5, 5.41) is 40.9. The largest absolute Gasteiger partial charge is 0.438 e. The lowest BCUT2D eigenvalue weighted by atomic mass is 9.55. The molecule has 10 heteroatoms. The number of halogens is 6. The summed E-state index contributed by atoms with van der Waals surface area (Å²) in [6.07, 6.45) is -8.20. The predicted octanol–water partition coefficient (Wildman–Crippen LogP) is 7.32. The molecule has 244 valence electrons. The van der Waals surface area contributed by atoms with Crippen LogP contribution in [0.1, 0.15) is 106 Å². The zero-order valence-corrected chi connectivity index (χ0v) is 24.5. The molecule has 0 radical (unpaired) electrons. The van der Waals surface area contributed by atoms with E-state index in [1.54, 1.807) is 6.92 Å². The molecule has 0 spiro atoms. The number of aliphatic hydroxyl groups excluding tert-OH is 2. The van der Waals surface area contributed by atoms with Gasteiger partial charge in [0, 0.05) is 21.1 Å². The molecule has 1 unspecified atom stereocenters. The van der Waals surface area contributed by atoms with Crippen LogP contribution in [-0.4, -0.2) is 56.2 Å². The van der Waals surface area contributed by atoms with E-state index in [4.69, 9.17) is 8.22 Å². The molecule has 0 aliphatic heterocycles. The van der Waals surface area contributed by atoms with Crippen molar-refractivity contribution in [1.29, 1.82) is 0 Å². The first-order chi connectivity index (χ1) is 22.0. The Morgan fingerprint density at radius 2 is 1.70 bits per heavy atom. The lowest BCUT2D eigenvalue weighted by Gasteiger charge is -2.49. The van der Waals surface area contributed by atoms with Gasteiger partial charge in [-0.25, -0.2) is 0 Å². The molecule has 3 saturated carbocycles. The number of allylic oxidation sites excluding steroid dienone is 3. The lowest BCUT2D eigenvalue weighted by molar-refractivity contribution is -0.343. The average molecular weight is 627 g/mol. The Kier molecular flexibility index (Phi) is 8.02. The third kappa shape index (κ3) is 7.71. The number of hydrogen-bond acceptors (Lipinski definition) is 4. The molecule has 0 aromatic carbocycles. The van der Waals surface area contributed by atoms with E-state index in [0.29, 0.717) is 49.7 Å². The molecule has 0 heterocycles. The molecular formula is C33H46F6O4. The lowest BCUT2D eigenvalue weighted by Crippen LogP contribution is -2.55. The van der Waals surface area contributed by atoms with Crippen LogP contribution in [0.15, 0.2) is 35.5 Å². The van der Waals surface area contributed by atoms with Crippen LogP contribution < -0.4 is 0 Å². The number of hydrogen-bond donors (Lipinski definition) is 4. The van der Waals surface area contributed by atoms with Gasteiger partial charge >= 0.3 is 18.0 Å². The molecule has 3 aliphatic carbocycles. The maximum Gasteiger partial charge on any atom is 0.438 e. The topological polar surface area (TPSA) is 80.9 Å². The van der Waals surface area contributed by atoms with Crippen molar-refractivity contribution in [3.63, 3.8) is 0 Å². The molecule has 3 rings (SSSR count). The Bertz CT molecular complexity index is 1330. The number of fused-ring (bicyclic) bond motifs is 1. The minimum absolute atomic E-state index is 0.0638. The molecule has 3 fully saturated rings. The van der Waals surface area contributed by atoms with E-state index in [-0.39, 0.29) is 31.1 Å². The van der Waals surface area contributed by atoms with Crippen molar-refractivity contribution in [3.8, 4) is 11.8 Å². The number of alkyl halides is 6. The Labute approximate surface area is 259 Å². The minimum Gasteiger partial charge on any atom is -0.393 e. The van der Waals surface area contributed by atoms with Crippen LogP contribution in [0.5, 0.6) is 0 Å². The fraction of sp³-hybridized carbons (Fsp3) is 0.758. The van der Waals surface area contributed by atoms with Crippen molar-refractivity contribution < 1.29 is 55.0 Å². The van der Waals surface area contributed by atoms with Crippen LogP contribution in [-0.2, 0) is 0 Å². The van der Waals surface area contributed by atoms with Crippen LogP contribution in [0, 0.1) is 34.5 Å². The van der Waals surface area contributed by atoms with Crippen molar-refractivity contribution in [3.05, 3.63) is 35.5 Å². The highest BCUT2D eigenvalue weighted by Gasteiger charge is 2.70. The molecule has 0 aromatic rings. The number of rotatable bonds is 7. The summed E-state index contributed by atoms with van der Waals surface area (Å²) >= 11 is 0. The zero-order chi connectivity index (χ0) is 37.6. The molecule has 0 aromatic heterocycles. The fourth-order valence-electron chi connectivity index (χ4n) is 7.66. The number of aliphatic hydroxyl groups is 4. The van der Waals surface area contributed by atoms with E-state index >= 15 is 0 Å². The van der Waals surface area contributed by atoms with Crippen LogP contribution >= 0.6 is 0 Å². The smallest absolute Gasteiger partial charge is 0.393 e. The van der Waals surface area contributed by atoms with Crippen LogP contribution in [0.2, 0.25) is 0 Å². The highest BCUT2D eigenvalue weighted by Crippen LogP contribution is 2.63. The maximum absolute atomic E-state index is 13.4. The quantitative estimate of drug-likeness (QED) is 0.176. The second-order valence-corrected chi connectivity index (χ2v) is 13.2. The van der Waals surface area contributed by atoms with Gasteiger partial charge in [-0.2, -0.15) is 26.3 Å². The molecule has 6 atom stereocenters. The van der Waals surface area contributed by atoms with Crippen molar-refractivity contribution in [2.45, 2.75) is 134 Å². The first kappa shape index (κ1) is 27.5. The maximum atomic E-state index is 13.4. The summed E-state index contributed by atoms with van der Waals surface area (Å²) in [4.78, 5) is 0. The summed E-state index contributed by atoms with van der Waals surface area (Å²) in [7, 11) is 0. The fourth-order valence-corrected chi connectivity index (χ4v) is 7.66. The van der Waals surface area contributed by atoms with Gasteiger partial charge in [-0.3, -0.25) is 0 Å². The summed E-state index contributed by atoms with van der Waals surface area (Å²) in [5.74, 6) is 2.54. The van der Waals surface area contributed by atoms with E-state index in [9.17, 15) is 46.8 Å². The summed E-state index contributed by atoms with van der Waals surface area (Å²) in [5.41, 5.74) is -7.89. The van der Waals surface area contributed by atoms with Crippen molar-refractivity contribution >= 4 is 0 Å². The Balaban J connectivity index is 2.03. The van der Waals surface area contributed by atoms with Gasteiger partial charge < -0.3 is 20.4 Å². The van der Waals surface area contributed by atoms with E-state index in [1.165, 1.54) is 0 Å². The third-order valence-corrected chi connectivity index (χ3v) is 9.94. The highest BCUT2D eigenvalue weighted by atomic mass is 19.4. The molecule has 0 amide bonds. The Morgan fingerprint density at radius 3 is 2.30 bits per heavy atom. The van der Waals surface area contributed by atoms with Gasteiger partial charge in [-0.1, -0.05) is 50.5 Å². The van der Waals surface area contributed by atoms with E-state index in [2.05, 4.69) is 6.58 Å². The molecule has 3 aliphatic rings. The second kappa shape index (κ2) is 12.5. The monoisotopic (exact) mass is 626 g/mol. The van der Waals surface area contributed by atoms with Crippen LogP contribution in [0.3, 0.4) is 0 Å². The Morgan fingerprint density at radius 1 is 1.05 bits per heavy atom. The van der Waals surface area contributed by atoms with Gasteiger partial charge in [0.1, 0.15) is 0 Å². The normalized spacial score (nSPS) is 35.0. The molecule has 4 nitrogen and oxygen atoms in total. The highest BCUT2D eigenvalue weighted by molar-refractivity contribution is 5.39. The predicted molar refractivity (Wildman–Crippen MR) is 152 cm³/mol. The van der Waals surface area contributed by atoms with Gasteiger partial charge in [0.15, 0.2) is 0 Å². The first-order valence-corrected chi connectivity index (χ1v) is 14.6. The molecule has 0 saturated heterocycles. The zero-order valence-electron chi connectivity index (χ0n) is 30.5. The van der Waals surface area contributed by atoms with Gasteiger partial charge in [-0.15, -0.1) is 0 Å². The average Bonchev–Trinajstić information content (AvgIpc) is 3.29. The molecule has 4 N–H and O–H groups in total. The van der Waals surface area contributed by atoms with Crippen molar-refractivity contribution in [1.82, 2.24) is 0 Å². The van der Waals surface area contributed by atoms with E-state index in [1.807, 2.05) is 25.0 Å². The summed E-state index contributed by atoms with van der Waals surface area (Å²) < 4.78 is 127. The molecule has 0 bridgehead atoms. The van der Waals surface area contributed by atoms with Gasteiger partial charge in [0.05, 0.1) is 17.8 Å². The Hall–Kier alpha value is -1.80. The van der Waals surface area contributed by atoms with Gasteiger partial charge in [0.25, 0.3) is 0 Å². The summed E-state index contributed by atoms with van der Waals surface area (Å²) in [6, 6.07) is 0. The molecule has 43 heavy (non-hydrogen) atoms. The third-order valence-electron chi connectivity index (χ3n) is 9.94. The second-order valence-electron chi connectivity index (χ2n) is 13.2. The SMILES string of the molecule is [2H]C([2H])([2H])C(O)(CCC[C@@](C)(CC#CC(O)(C(F)(F)F)C(F)(F)F)[C@H]1CCC2C(=CC=C3C[C@@H](O)C[C@H](O)C3=C)CCC[C@@]21C)C([2H])([2H])[2H].